The highest BCUT2D eigenvalue weighted by molar-refractivity contribution is 5.56. The van der Waals surface area contributed by atoms with Crippen LogP contribution in [0.25, 0.3) is 5.52 Å². The Morgan fingerprint density at radius 1 is 1.18 bits per heavy atom. The van der Waals surface area contributed by atoms with Crippen LogP contribution in [0, 0.1) is 17.3 Å². The number of rotatable bonds is 5. The summed E-state index contributed by atoms with van der Waals surface area (Å²) in [4.78, 5) is 18.1. The Morgan fingerprint density at radius 2 is 1.97 bits per heavy atom. The standard InChI is InChI=1S/C28H41F3N6O2/c1-18-11-27(12-18,25-33-32-17-34(25)3)21-5-4-6-22(10-21)36-16-24-23(28(29,30)31)9-20(15-37(24)26(36)38)14-35-7-8-39-19(2)13-35/h9,15-16,18-19,21-22,25,32-33H,4-8,10-14,17H2,1-3H3/t18?,19-,21?,22?,25?,27?/m1/s1. The van der Waals surface area contributed by atoms with Crippen molar-refractivity contribution in [3.8, 4) is 0 Å². The number of hydrazine groups is 1. The molecule has 4 heterocycles. The Morgan fingerprint density at radius 3 is 2.64 bits per heavy atom. The van der Waals surface area contributed by atoms with Crippen molar-refractivity contribution < 1.29 is 17.9 Å². The molecule has 216 valence electrons. The van der Waals surface area contributed by atoms with Gasteiger partial charge in [0, 0.05) is 43.5 Å². The maximum absolute atomic E-state index is 14.3. The summed E-state index contributed by atoms with van der Waals surface area (Å²) >= 11 is 0. The lowest BCUT2D eigenvalue weighted by Gasteiger charge is -2.57. The third kappa shape index (κ3) is 4.94. The molecule has 0 spiro atoms. The lowest BCUT2D eigenvalue weighted by Crippen LogP contribution is -2.60. The minimum atomic E-state index is -4.55. The second-order valence-electron chi connectivity index (χ2n) is 12.7. The van der Waals surface area contributed by atoms with Gasteiger partial charge in [0.1, 0.15) is 0 Å². The number of aromatic nitrogens is 2. The Hall–Kier alpha value is -1.92. The van der Waals surface area contributed by atoms with Crippen LogP contribution in [0.5, 0.6) is 0 Å². The minimum absolute atomic E-state index is 0.0320. The Labute approximate surface area is 227 Å². The predicted molar refractivity (Wildman–Crippen MR) is 142 cm³/mol. The molecule has 2 saturated heterocycles. The van der Waals surface area contributed by atoms with E-state index in [1.54, 1.807) is 10.8 Å². The van der Waals surface area contributed by atoms with Crippen molar-refractivity contribution in [2.75, 3.05) is 33.4 Å². The predicted octanol–water partition coefficient (Wildman–Crippen LogP) is 3.81. The van der Waals surface area contributed by atoms with Crippen LogP contribution in [-0.4, -0.2) is 64.5 Å². The number of imidazole rings is 1. The van der Waals surface area contributed by atoms with Gasteiger partial charge < -0.3 is 4.74 Å². The number of ether oxygens (including phenoxy) is 1. The van der Waals surface area contributed by atoms with Gasteiger partial charge in [-0.05, 0) is 69.5 Å². The number of alkyl halides is 3. The van der Waals surface area contributed by atoms with Crippen LogP contribution in [0.2, 0.25) is 0 Å². The highest BCUT2D eigenvalue weighted by Crippen LogP contribution is 2.58. The average Bonchev–Trinajstić information content (AvgIpc) is 3.44. The van der Waals surface area contributed by atoms with Gasteiger partial charge in [-0.3, -0.25) is 18.8 Å². The van der Waals surface area contributed by atoms with Gasteiger partial charge in [-0.25, -0.2) is 15.6 Å². The zero-order chi connectivity index (χ0) is 27.5. The van der Waals surface area contributed by atoms with Gasteiger partial charge in [0.05, 0.1) is 36.6 Å². The Balaban J connectivity index is 1.32. The van der Waals surface area contributed by atoms with Crippen LogP contribution >= 0.6 is 0 Å². The van der Waals surface area contributed by atoms with E-state index in [4.69, 9.17) is 4.74 Å². The first-order chi connectivity index (χ1) is 18.5. The number of hydrogen-bond acceptors (Lipinski definition) is 6. The molecule has 4 fully saturated rings. The minimum Gasteiger partial charge on any atom is -0.376 e. The van der Waals surface area contributed by atoms with Crippen molar-refractivity contribution >= 4 is 5.52 Å². The second-order valence-corrected chi connectivity index (χ2v) is 12.7. The monoisotopic (exact) mass is 550 g/mol. The first kappa shape index (κ1) is 27.3. The first-order valence-electron chi connectivity index (χ1n) is 14.4. The van der Waals surface area contributed by atoms with Gasteiger partial charge in [-0.1, -0.05) is 13.3 Å². The van der Waals surface area contributed by atoms with E-state index < -0.39 is 11.7 Å². The van der Waals surface area contributed by atoms with Crippen LogP contribution in [-0.2, 0) is 17.5 Å². The third-order valence-corrected chi connectivity index (χ3v) is 9.75. The van der Waals surface area contributed by atoms with E-state index in [1.807, 2.05) is 6.92 Å². The van der Waals surface area contributed by atoms with Gasteiger partial charge >= 0.3 is 11.9 Å². The van der Waals surface area contributed by atoms with E-state index in [2.05, 4.69) is 34.6 Å². The van der Waals surface area contributed by atoms with Crippen LogP contribution < -0.4 is 16.5 Å². The summed E-state index contributed by atoms with van der Waals surface area (Å²) in [5, 5.41) is 0. The fourth-order valence-corrected chi connectivity index (χ4v) is 8.14. The molecule has 0 amide bonds. The Bertz CT molecular complexity index is 1250. The molecule has 39 heavy (non-hydrogen) atoms. The van der Waals surface area contributed by atoms with Crippen LogP contribution in [0.1, 0.15) is 69.5 Å². The lowest BCUT2D eigenvalue weighted by atomic mass is 9.51. The topological polar surface area (TPSA) is 66.2 Å². The number of halogens is 3. The first-order valence-corrected chi connectivity index (χ1v) is 14.4. The fraction of sp³-hybridized carbons (Fsp3) is 0.750. The van der Waals surface area contributed by atoms with Gasteiger partial charge in [0.25, 0.3) is 0 Å². The van der Waals surface area contributed by atoms with Gasteiger partial charge in [0.15, 0.2) is 0 Å². The molecule has 4 aliphatic rings. The molecule has 2 aliphatic heterocycles. The third-order valence-electron chi connectivity index (χ3n) is 9.75. The van der Waals surface area contributed by atoms with Crippen molar-refractivity contribution in [3.05, 3.63) is 40.1 Å². The highest BCUT2D eigenvalue weighted by atomic mass is 19.4. The SMILES string of the molecule is CC1CC(C2CCCC(n3cc4c(C(F)(F)F)cc(CN5CCO[C@H](C)C5)cn4c3=O)C2)(C2NNCN2C)C1. The van der Waals surface area contributed by atoms with Crippen LogP contribution in [0.3, 0.4) is 0 Å². The van der Waals surface area contributed by atoms with Gasteiger partial charge in [0.2, 0.25) is 0 Å². The molecular weight excluding hydrogens is 509 g/mol. The van der Waals surface area contributed by atoms with Gasteiger partial charge in [-0.15, -0.1) is 0 Å². The van der Waals surface area contributed by atoms with Crippen molar-refractivity contribution in [2.45, 2.75) is 83.4 Å². The lowest BCUT2D eigenvalue weighted by molar-refractivity contribution is -0.136. The summed E-state index contributed by atoms with van der Waals surface area (Å²) in [5.74, 6) is 1.06. The number of fused-ring (bicyclic) bond motifs is 1. The van der Waals surface area contributed by atoms with Crippen molar-refractivity contribution in [2.24, 2.45) is 17.3 Å². The molecule has 6 rings (SSSR count). The molecule has 4 atom stereocenters. The average molecular weight is 551 g/mol. The van der Waals surface area contributed by atoms with E-state index in [0.717, 1.165) is 45.2 Å². The molecule has 0 aromatic carbocycles. The highest BCUT2D eigenvalue weighted by Gasteiger charge is 2.55. The van der Waals surface area contributed by atoms with E-state index in [-0.39, 0.29) is 34.9 Å². The summed E-state index contributed by atoms with van der Waals surface area (Å²) in [7, 11) is 2.13. The summed E-state index contributed by atoms with van der Waals surface area (Å²) in [6, 6.07) is 1.12. The largest absolute Gasteiger partial charge is 0.418 e. The summed E-state index contributed by atoms with van der Waals surface area (Å²) < 4.78 is 51.2. The number of nitrogens with one attached hydrogen (secondary N) is 2. The van der Waals surface area contributed by atoms with E-state index in [9.17, 15) is 18.0 Å². The molecule has 0 radical (unpaired) electrons. The normalized spacial score (nSPS) is 35.0. The van der Waals surface area contributed by atoms with Crippen LogP contribution in [0.4, 0.5) is 13.2 Å². The van der Waals surface area contributed by atoms with E-state index >= 15 is 0 Å². The molecule has 0 bridgehead atoms. The van der Waals surface area contributed by atoms with E-state index in [1.165, 1.54) is 16.7 Å². The molecule has 2 N–H and O–H groups in total. The molecule has 11 heteroatoms. The molecule has 8 nitrogen and oxygen atoms in total. The van der Waals surface area contributed by atoms with Gasteiger partial charge in [-0.2, -0.15) is 13.2 Å². The summed E-state index contributed by atoms with van der Waals surface area (Å²) in [6.45, 7) is 7.25. The molecule has 2 saturated carbocycles. The molecule has 2 aromatic heterocycles. The van der Waals surface area contributed by atoms with Crippen molar-refractivity contribution in [3.63, 3.8) is 0 Å². The number of nitrogens with zero attached hydrogens (tertiary/aromatic N) is 4. The zero-order valence-electron chi connectivity index (χ0n) is 23.1. The maximum atomic E-state index is 14.3. The van der Waals surface area contributed by atoms with Crippen molar-refractivity contribution in [1.29, 1.82) is 0 Å². The Kier molecular flexibility index (Phi) is 7.11. The maximum Gasteiger partial charge on any atom is 0.418 e. The van der Waals surface area contributed by atoms with E-state index in [0.29, 0.717) is 43.6 Å². The van der Waals surface area contributed by atoms with Crippen molar-refractivity contribution in [1.82, 2.24) is 29.6 Å². The summed E-state index contributed by atoms with van der Waals surface area (Å²) in [5.41, 5.74) is 6.21. The molecule has 3 unspecified atom stereocenters. The smallest absolute Gasteiger partial charge is 0.376 e. The molecule has 2 aromatic rings. The number of morpholine rings is 1. The second kappa shape index (κ2) is 10.2. The zero-order valence-corrected chi connectivity index (χ0v) is 23.1. The molecular formula is C28H41F3N6O2. The molecule has 2 aliphatic carbocycles. The number of pyridine rings is 1. The number of hydrogen-bond donors (Lipinski definition) is 2. The quantitative estimate of drug-likeness (QED) is 0.591. The fourth-order valence-electron chi connectivity index (χ4n) is 8.14. The van der Waals surface area contributed by atoms with Crippen LogP contribution in [0.15, 0.2) is 23.3 Å². The summed E-state index contributed by atoms with van der Waals surface area (Å²) in [6.07, 6.45) is 4.73.